The maximum atomic E-state index is 12.5. The lowest BCUT2D eigenvalue weighted by Gasteiger charge is -2.12. The van der Waals surface area contributed by atoms with E-state index in [0.717, 1.165) is 19.1 Å². The van der Waals surface area contributed by atoms with Crippen LogP contribution in [0.3, 0.4) is 0 Å². The van der Waals surface area contributed by atoms with E-state index in [1.54, 1.807) is 0 Å². The number of carbonyl (C=O) groups excluding carboxylic acids is 1. The molecule has 1 nitrogen and oxygen atoms in total. The van der Waals surface area contributed by atoms with Gasteiger partial charge in [0.25, 0.3) is 0 Å². The van der Waals surface area contributed by atoms with Gasteiger partial charge in [-0.15, -0.1) is 0 Å². The van der Waals surface area contributed by atoms with Crippen molar-refractivity contribution in [1.82, 2.24) is 0 Å². The zero-order chi connectivity index (χ0) is 11.8. The summed E-state index contributed by atoms with van der Waals surface area (Å²) < 4.78 is 37.7. The summed E-state index contributed by atoms with van der Waals surface area (Å²) in [6.07, 6.45) is -4.58. The maximum absolute atomic E-state index is 12.5. The lowest BCUT2D eigenvalue weighted by Crippen LogP contribution is -2.11. The predicted octanol–water partition coefficient (Wildman–Crippen LogP) is 4.32. The Morgan fingerprint density at radius 2 is 1.93 bits per heavy atom. The summed E-state index contributed by atoms with van der Waals surface area (Å²) in [5.74, 6) is -0.653. The quantitative estimate of drug-likeness (QED) is 0.706. The number of halogens is 5. The smallest absolute Gasteiger partial charge is 0.294 e. The van der Waals surface area contributed by atoms with Crippen LogP contribution in [-0.4, -0.2) is 5.78 Å². The Hall–Kier alpha value is -0.550. The highest BCUT2D eigenvalue weighted by Crippen LogP contribution is 2.36. The zero-order valence-electron chi connectivity index (χ0n) is 7.45. The summed E-state index contributed by atoms with van der Waals surface area (Å²) >= 11 is 8.50. The van der Waals surface area contributed by atoms with Gasteiger partial charge in [0.15, 0.2) is 5.78 Å². The van der Waals surface area contributed by atoms with Crippen molar-refractivity contribution >= 4 is 33.3 Å². The number of benzene rings is 1. The van der Waals surface area contributed by atoms with E-state index >= 15 is 0 Å². The van der Waals surface area contributed by atoms with Gasteiger partial charge in [-0.1, -0.05) is 11.6 Å². The second-order valence-electron chi connectivity index (χ2n) is 2.87. The Morgan fingerprint density at radius 3 is 2.33 bits per heavy atom. The summed E-state index contributed by atoms with van der Waals surface area (Å²) in [7, 11) is 0. The number of alkyl halides is 3. The van der Waals surface area contributed by atoms with E-state index in [4.69, 9.17) is 11.6 Å². The highest BCUT2D eigenvalue weighted by atomic mass is 79.9. The molecule has 0 spiro atoms. The molecule has 1 aromatic carbocycles. The number of carbonyl (C=O) groups is 1. The van der Waals surface area contributed by atoms with Gasteiger partial charge < -0.3 is 0 Å². The molecule has 15 heavy (non-hydrogen) atoms. The minimum absolute atomic E-state index is 0.0766. The van der Waals surface area contributed by atoms with E-state index < -0.39 is 23.1 Å². The van der Waals surface area contributed by atoms with Crippen molar-refractivity contribution in [3.63, 3.8) is 0 Å². The molecule has 0 radical (unpaired) electrons. The third-order valence-corrected chi connectivity index (χ3v) is 2.94. The summed E-state index contributed by atoms with van der Waals surface area (Å²) in [5.41, 5.74) is -1.40. The molecule has 0 saturated carbocycles. The fourth-order valence-corrected chi connectivity index (χ4v) is 1.58. The number of rotatable bonds is 1. The Kier molecular flexibility index (Phi) is 3.45. The van der Waals surface area contributed by atoms with Crippen LogP contribution in [-0.2, 0) is 6.18 Å². The maximum Gasteiger partial charge on any atom is 0.417 e. The first-order valence-corrected chi connectivity index (χ1v) is 4.97. The van der Waals surface area contributed by atoms with Crippen LogP contribution in [0.4, 0.5) is 13.2 Å². The van der Waals surface area contributed by atoms with Gasteiger partial charge in [0.2, 0.25) is 0 Å². The molecule has 0 fully saturated rings. The van der Waals surface area contributed by atoms with Crippen molar-refractivity contribution in [2.75, 3.05) is 0 Å². The van der Waals surface area contributed by atoms with E-state index in [1.807, 2.05) is 0 Å². The Bertz CT molecular complexity index is 415. The topological polar surface area (TPSA) is 17.1 Å². The normalized spacial score (nSPS) is 11.6. The van der Waals surface area contributed by atoms with Crippen molar-refractivity contribution in [2.24, 2.45) is 0 Å². The summed E-state index contributed by atoms with van der Waals surface area (Å²) in [4.78, 5) is 11.0. The number of hydrogen-bond acceptors (Lipinski definition) is 1. The molecule has 0 unspecified atom stereocenters. The molecule has 0 aromatic heterocycles. The van der Waals surface area contributed by atoms with Gasteiger partial charge in [0.1, 0.15) is 0 Å². The van der Waals surface area contributed by atoms with Crippen LogP contribution in [0.25, 0.3) is 0 Å². The molecule has 0 aliphatic carbocycles. The van der Waals surface area contributed by atoms with Crippen LogP contribution in [0.5, 0.6) is 0 Å². The minimum atomic E-state index is -4.58. The molecular formula is C9H5BrClF3O. The minimum Gasteiger partial charge on any atom is -0.294 e. The molecule has 0 aliphatic heterocycles. The van der Waals surface area contributed by atoms with Crippen molar-refractivity contribution in [1.29, 1.82) is 0 Å². The average Bonchev–Trinajstić information content (AvgIpc) is 2.06. The first kappa shape index (κ1) is 12.5. The first-order chi connectivity index (χ1) is 6.73. The second kappa shape index (κ2) is 4.14. The Balaban J connectivity index is 3.49. The van der Waals surface area contributed by atoms with E-state index in [9.17, 15) is 18.0 Å². The van der Waals surface area contributed by atoms with Gasteiger partial charge in [0.05, 0.1) is 10.6 Å². The van der Waals surface area contributed by atoms with Crippen LogP contribution in [0.15, 0.2) is 16.6 Å². The highest BCUT2D eigenvalue weighted by molar-refractivity contribution is 9.10. The van der Waals surface area contributed by atoms with Gasteiger partial charge in [-0.3, -0.25) is 4.79 Å². The third-order valence-electron chi connectivity index (χ3n) is 1.75. The molecule has 0 bridgehead atoms. The fraction of sp³-hybridized carbons (Fsp3) is 0.222. The van der Waals surface area contributed by atoms with Gasteiger partial charge in [0, 0.05) is 10.0 Å². The standard InChI is InChI=1S/C9H5BrClF3O/c1-4(15)5-2-7(10)8(11)3-6(5)9(12,13)14/h2-3H,1H3. The predicted molar refractivity (Wildman–Crippen MR) is 54.2 cm³/mol. The van der Waals surface area contributed by atoms with Gasteiger partial charge in [-0.25, -0.2) is 0 Å². The van der Waals surface area contributed by atoms with Gasteiger partial charge in [-0.05, 0) is 35.0 Å². The molecule has 0 saturated heterocycles. The second-order valence-corrected chi connectivity index (χ2v) is 4.13. The zero-order valence-corrected chi connectivity index (χ0v) is 9.79. The van der Waals surface area contributed by atoms with Crippen LogP contribution < -0.4 is 0 Å². The van der Waals surface area contributed by atoms with Crippen molar-refractivity contribution in [3.05, 3.63) is 32.8 Å². The molecule has 82 valence electrons. The Morgan fingerprint density at radius 1 is 1.40 bits per heavy atom. The van der Waals surface area contributed by atoms with Crippen molar-refractivity contribution in [3.8, 4) is 0 Å². The summed E-state index contributed by atoms with van der Waals surface area (Å²) in [6.45, 7) is 1.07. The van der Waals surface area contributed by atoms with E-state index in [1.165, 1.54) is 0 Å². The number of hydrogen-bond donors (Lipinski definition) is 0. The molecule has 1 rings (SSSR count). The van der Waals surface area contributed by atoms with Crippen LogP contribution in [0.1, 0.15) is 22.8 Å². The number of Topliss-reactive ketones (excluding diaryl/α,β-unsaturated/α-hetero) is 1. The first-order valence-electron chi connectivity index (χ1n) is 3.80. The molecule has 0 atom stereocenters. The van der Waals surface area contributed by atoms with E-state index in [0.29, 0.717) is 0 Å². The average molecular weight is 301 g/mol. The van der Waals surface area contributed by atoms with Gasteiger partial charge in [-0.2, -0.15) is 13.2 Å². The van der Waals surface area contributed by atoms with Crippen molar-refractivity contribution < 1.29 is 18.0 Å². The van der Waals surface area contributed by atoms with E-state index in [-0.39, 0.29) is 9.50 Å². The molecule has 0 heterocycles. The molecule has 0 N–H and O–H groups in total. The van der Waals surface area contributed by atoms with Gasteiger partial charge >= 0.3 is 6.18 Å². The van der Waals surface area contributed by atoms with Crippen LogP contribution >= 0.6 is 27.5 Å². The fourth-order valence-electron chi connectivity index (χ4n) is 1.07. The monoisotopic (exact) mass is 300 g/mol. The molecular weight excluding hydrogens is 296 g/mol. The Labute approximate surface area is 97.4 Å². The van der Waals surface area contributed by atoms with Crippen LogP contribution in [0.2, 0.25) is 5.02 Å². The highest BCUT2D eigenvalue weighted by Gasteiger charge is 2.35. The number of ketones is 1. The lowest BCUT2D eigenvalue weighted by atomic mass is 10.0. The molecule has 0 aliphatic rings. The van der Waals surface area contributed by atoms with E-state index in [2.05, 4.69) is 15.9 Å². The molecule has 6 heteroatoms. The van der Waals surface area contributed by atoms with Crippen LogP contribution in [0, 0.1) is 0 Å². The lowest BCUT2D eigenvalue weighted by molar-refractivity contribution is -0.137. The molecule has 0 amide bonds. The third kappa shape index (κ3) is 2.72. The largest absolute Gasteiger partial charge is 0.417 e. The summed E-state index contributed by atoms with van der Waals surface area (Å²) in [5, 5.41) is -0.0766. The SMILES string of the molecule is CC(=O)c1cc(Br)c(Cl)cc1C(F)(F)F. The van der Waals surface area contributed by atoms with Crippen molar-refractivity contribution in [2.45, 2.75) is 13.1 Å². The molecule has 1 aromatic rings. The summed E-state index contributed by atoms with van der Waals surface area (Å²) in [6, 6.07) is 1.82.